The Kier molecular flexibility index (Phi) is 8.82. The molecule has 0 aromatic heterocycles. The van der Waals surface area contributed by atoms with E-state index in [0.29, 0.717) is 18.8 Å². The molecule has 2 N–H and O–H groups in total. The molecule has 178 valence electrons. The van der Waals surface area contributed by atoms with Crippen LogP contribution in [0.2, 0.25) is 0 Å². The van der Waals surface area contributed by atoms with E-state index in [1.165, 1.54) is 28.4 Å². The quantitative estimate of drug-likeness (QED) is 0.476. The zero-order valence-corrected chi connectivity index (χ0v) is 20.1. The Bertz CT molecular complexity index is 944. The lowest BCUT2D eigenvalue weighted by molar-refractivity contribution is -0.136. The number of nitrogens with zero attached hydrogens (tertiary/aromatic N) is 2. The summed E-state index contributed by atoms with van der Waals surface area (Å²) in [6.45, 7) is 8.62. The van der Waals surface area contributed by atoms with Gasteiger partial charge in [0, 0.05) is 25.3 Å². The summed E-state index contributed by atoms with van der Waals surface area (Å²) in [5.74, 6) is -0.707. The second-order valence-corrected chi connectivity index (χ2v) is 10.5. The zero-order valence-electron chi connectivity index (χ0n) is 19.3. The number of hydrogen-bond acceptors (Lipinski definition) is 7. The van der Waals surface area contributed by atoms with Crippen LogP contribution in [0, 0.1) is 11.8 Å². The van der Waals surface area contributed by atoms with Gasteiger partial charge < -0.3 is 20.1 Å². The standard InChI is InChI=1S/C22H33N3O6S/c1-15(2)12-25(13-16(3)4)32(29,30)18-8-6-17(7-9-18)23-20-19(22(28)31-5)14-24(10-11-26)21(20)27/h6-9,15-16,23,26H,10-14H2,1-5H3. The number of carbonyl (C=O) groups excluding carboxylic acids is 2. The fourth-order valence-electron chi connectivity index (χ4n) is 3.44. The average molecular weight is 468 g/mol. The first-order valence-electron chi connectivity index (χ1n) is 10.6. The van der Waals surface area contributed by atoms with Crippen LogP contribution in [0.5, 0.6) is 0 Å². The SMILES string of the molecule is COC(=O)C1=C(Nc2ccc(S(=O)(=O)N(CC(C)C)CC(C)C)cc2)C(=O)N(CCO)C1. The van der Waals surface area contributed by atoms with Crippen molar-refractivity contribution in [3.63, 3.8) is 0 Å². The number of sulfonamides is 1. The van der Waals surface area contributed by atoms with Gasteiger partial charge in [0.05, 0.1) is 30.7 Å². The third kappa shape index (κ3) is 6.08. The van der Waals surface area contributed by atoms with Crippen LogP contribution in [0.1, 0.15) is 27.7 Å². The molecule has 1 aliphatic rings. The highest BCUT2D eigenvalue weighted by molar-refractivity contribution is 7.89. The largest absolute Gasteiger partial charge is 0.466 e. The van der Waals surface area contributed by atoms with Gasteiger partial charge in [-0.25, -0.2) is 13.2 Å². The lowest BCUT2D eigenvalue weighted by atomic mass is 10.2. The maximum Gasteiger partial charge on any atom is 0.337 e. The predicted molar refractivity (Wildman–Crippen MR) is 121 cm³/mol. The summed E-state index contributed by atoms with van der Waals surface area (Å²) >= 11 is 0. The molecule has 1 aromatic carbocycles. The molecule has 0 spiro atoms. The number of ether oxygens (including phenoxy) is 1. The number of β-amino-alcohol motifs (C(OH)–C–C–N with tert-alkyl or cyclic N) is 1. The number of nitrogens with one attached hydrogen (secondary N) is 1. The minimum atomic E-state index is -3.67. The van der Waals surface area contributed by atoms with Crippen LogP contribution in [0.4, 0.5) is 5.69 Å². The Balaban J connectivity index is 2.29. The van der Waals surface area contributed by atoms with Gasteiger partial charge in [-0.2, -0.15) is 4.31 Å². The fraction of sp³-hybridized carbons (Fsp3) is 0.545. The molecule has 0 saturated carbocycles. The molecular weight excluding hydrogens is 434 g/mol. The summed E-state index contributed by atoms with van der Waals surface area (Å²) in [4.78, 5) is 26.2. The number of aliphatic hydroxyl groups excluding tert-OH is 1. The van der Waals surface area contributed by atoms with Gasteiger partial charge in [0.15, 0.2) is 0 Å². The lowest BCUT2D eigenvalue weighted by Crippen LogP contribution is -2.37. The van der Waals surface area contributed by atoms with Gasteiger partial charge >= 0.3 is 5.97 Å². The summed E-state index contributed by atoms with van der Waals surface area (Å²) < 4.78 is 32.6. The van der Waals surface area contributed by atoms with Crippen molar-refractivity contribution in [2.45, 2.75) is 32.6 Å². The first-order chi connectivity index (χ1) is 15.0. The number of benzene rings is 1. The van der Waals surface area contributed by atoms with Gasteiger partial charge in [-0.1, -0.05) is 27.7 Å². The van der Waals surface area contributed by atoms with Crippen molar-refractivity contribution in [3.05, 3.63) is 35.5 Å². The van der Waals surface area contributed by atoms with E-state index in [1.807, 2.05) is 27.7 Å². The summed E-state index contributed by atoms with van der Waals surface area (Å²) in [5, 5.41) is 12.1. The van der Waals surface area contributed by atoms with Crippen molar-refractivity contribution >= 4 is 27.6 Å². The maximum atomic E-state index is 13.2. The number of methoxy groups -OCH3 is 1. The van der Waals surface area contributed by atoms with E-state index in [-0.39, 0.29) is 47.7 Å². The molecule has 0 bridgehead atoms. The first kappa shape index (κ1) is 25.8. The average Bonchev–Trinajstić information content (AvgIpc) is 3.02. The lowest BCUT2D eigenvalue weighted by Gasteiger charge is -2.25. The Morgan fingerprint density at radius 1 is 1.16 bits per heavy atom. The van der Waals surface area contributed by atoms with Gasteiger partial charge in [-0.05, 0) is 36.1 Å². The van der Waals surface area contributed by atoms with Crippen LogP contribution in [0.25, 0.3) is 0 Å². The van der Waals surface area contributed by atoms with Gasteiger partial charge in [-0.15, -0.1) is 0 Å². The zero-order chi connectivity index (χ0) is 24.1. The smallest absolute Gasteiger partial charge is 0.337 e. The van der Waals surface area contributed by atoms with Crippen molar-refractivity contribution in [2.24, 2.45) is 11.8 Å². The summed E-state index contributed by atoms with van der Waals surface area (Å²) in [6.07, 6.45) is 0. The number of amides is 1. The molecule has 1 heterocycles. The first-order valence-corrected chi connectivity index (χ1v) is 12.0. The molecule has 10 heteroatoms. The molecule has 2 rings (SSSR count). The Morgan fingerprint density at radius 2 is 1.72 bits per heavy atom. The molecular formula is C22H33N3O6S. The number of hydrogen-bond donors (Lipinski definition) is 2. The summed E-state index contributed by atoms with van der Waals surface area (Å²) in [6, 6.07) is 6.07. The molecule has 0 atom stereocenters. The fourth-order valence-corrected chi connectivity index (χ4v) is 5.20. The summed E-state index contributed by atoms with van der Waals surface area (Å²) in [5.41, 5.74) is 0.670. The molecule has 0 radical (unpaired) electrons. The van der Waals surface area contributed by atoms with Crippen molar-refractivity contribution in [1.82, 2.24) is 9.21 Å². The van der Waals surface area contributed by atoms with E-state index in [0.717, 1.165) is 0 Å². The van der Waals surface area contributed by atoms with E-state index in [2.05, 4.69) is 5.32 Å². The number of rotatable bonds is 11. The third-order valence-electron chi connectivity index (χ3n) is 4.85. The number of esters is 1. The second kappa shape index (κ2) is 10.9. The highest BCUT2D eigenvalue weighted by Crippen LogP contribution is 2.25. The van der Waals surface area contributed by atoms with Gasteiger partial charge in [-0.3, -0.25) is 4.79 Å². The molecule has 0 aliphatic carbocycles. The topological polar surface area (TPSA) is 116 Å². The van der Waals surface area contributed by atoms with Crippen molar-refractivity contribution in [1.29, 1.82) is 0 Å². The van der Waals surface area contributed by atoms with E-state index in [9.17, 15) is 18.0 Å². The van der Waals surface area contributed by atoms with E-state index in [1.54, 1.807) is 12.1 Å². The van der Waals surface area contributed by atoms with E-state index < -0.39 is 21.9 Å². The molecule has 1 aromatic rings. The van der Waals surface area contributed by atoms with E-state index in [4.69, 9.17) is 9.84 Å². The van der Waals surface area contributed by atoms with E-state index >= 15 is 0 Å². The molecule has 1 amide bonds. The molecule has 32 heavy (non-hydrogen) atoms. The molecule has 9 nitrogen and oxygen atoms in total. The Labute approximate surface area is 190 Å². The van der Waals surface area contributed by atoms with Crippen molar-refractivity contribution in [3.8, 4) is 0 Å². The van der Waals surface area contributed by atoms with Gasteiger partial charge in [0.2, 0.25) is 10.0 Å². The number of carbonyl (C=O) groups is 2. The van der Waals surface area contributed by atoms with Crippen molar-refractivity contribution in [2.75, 3.05) is 45.2 Å². The molecule has 0 unspecified atom stereocenters. The highest BCUT2D eigenvalue weighted by atomic mass is 32.2. The molecule has 0 saturated heterocycles. The predicted octanol–water partition coefficient (Wildman–Crippen LogP) is 1.66. The highest BCUT2D eigenvalue weighted by Gasteiger charge is 2.34. The van der Waals surface area contributed by atoms with Crippen molar-refractivity contribution < 1.29 is 27.9 Å². The monoisotopic (exact) mass is 467 g/mol. The van der Waals surface area contributed by atoms with Crippen LogP contribution < -0.4 is 5.32 Å². The van der Waals surface area contributed by atoms with Crippen LogP contribution >= 0.6 is 0 Å². The van der Waals surface area contributed by atoms with Gasteiger partial charge in [0.1, 0.15) is 5.70 Å². The summed E-state index contributed by atoms with van der Waals surface area (Å²) in [7, 11) is -2.45. The maximum absolute atomic E-state index is 13.2. The Hall–Kier alpha value is -2.43. The second-order valence-electron chi connectivity index (χ2n) is 8.55. The minimum absolute atomic E-state index is 0.0280. The number of aliphatic hydroxyl groups is 1. The number of anilines is 1. The van der Waals surface area contributed by atoms with Crippen LogP contribution in [-0.4, -0.2) is 74.5 Å². The van der Waals surface area contributed by atoms with Gasteiger partial charge in [0.25, 0.3) is 5.91 Å². The molecule has 1 aliphatic heterocycles. The van der Waals surface area contributed by atoms with Crippen LogP contribution in [0.15, 0.2) is 40.4 Å². The molecule has 0 fully saturated rings. The minimum Gasteiger partial charge on any atom is -0.466 e. The van der Waals surface area contributed by atoms with Crippen LogP contribution in [0.3, 0.4) is 0 Å². The third-order valence-corrected chi connectivity index (χ3v) is 6.70. The van der Waals surface area contributed by atoms with Crippen LogP contribution in [-0.2, 0) is 24.3 Å². The normalized spacial score (nSPS) is 14.8. The Morgan fingerprint density at radius 3 is 2.19 bits per heavy atom.